The van der Waals surface area contributed by atoms with Gasteiger partial charge in [0.25, 0.3) is 0 Å². The highest BCUT2D eigenvalue weighted by Gasteiger charge is 2.48. The molecule has 0 fully saturated rings. The van der Waals surface area contributed by atoms with Gasteiger partial charge in [-0.25, -0.2) is 0 Å². The van der Waals surface area contributed by atoms with Crippen LogP contribution in [0.3, 0.4) is 0 Å². The number of fused-ring (bicyclic) bond motifs is 14. The first-order valence-electron chi connectivity index (χ1n) is 38.9. The van der Waals surface area contributed by atoms with Crippen LogP contribution in [0.4, 0.5) is 0 Å². The summed E-state index contributed by atoms with van der Waals surface area (Å²) in [7, 11) is 0. The van der Waals surface area contributed by atoms with Crippen molar-refractivity contribution in [2.24, 2.45) is 0 Å². The predicted molar refractivity (Wildman–Crippen MR) is 472 cm³/mol. The molecule has 0 unspecified atom stereocenters. The lowest BCUT2D eigenvalue weighted by Crippen LogP contribution is -2.29. The maximum Gasteiger partial charge on any atom is 0.0713 e. The molecule has 112 heavy (non-hydrogen) atoms. The van der Waals surface area contributed by atoms with Crippen molar-refractivity contribution in [3.05, 3.63) is 479 Å². The summed E-state index contributed by atoms with van der Waals surface area (Å²) in [6.45, 7) is 0. The van der Waals surface area contributed by atoms with Crippen LogP contribution in [0.2, 0.25) is 0 Å². The van der Waals surface area contributed by atoms with Gasteiger partial charge in [0.15, 0.2) is 0 Å². The van der Waals surface area contributed by atoms with Gasteiger partial charge in [0, 0.05) is 32.3 Å². The lowest BCUT2D eigenvalue weighted by atomic mass is 9.66. The van der Waals surface area contributed by atoms with Crippen LogP contribution in [0.15, 0.2) is 413 Å². The molecule has 0 saturated heterocycles. The third-order valence-corrected chi connectivity index (χ3v) is 24.3. The number of nitrogens with zero attached hydrogens (tertiary/aromatic N) is 2. The zero-order valence-electron chi connectivity index (χ0n) is 61.5. The first-order chi connectivity index (χ1) is 55.5. The molecule has 2 nitrogen and oxygen atoms in total. The number of rotatable bonds is 13. The molecule has 20 aromatic rings. The maximum absolute atomic E-state index is 2.52. The molecule has 0 spiro atoms. The Balaban J connectivity index is 0.600. The van der Waals surface area contributed by atoms with Crippen molar-refractivity contribution >= 4 is 89.5 Å². The van der Waals surface area contributed by atoms with Crippen LogP contribution in [0.5, 0.6) is 0 Å². The minimum atomic E-state index is -0.641. The van der Waals surface area contributed by atoms with E-state index in [1.807, 2.05) is 0 Å². The lowest BCUT2D eigenvalue weighted by Gasteiger charge is -2.35. The van der Waals surface area contributed by atoms with Gasteiger partial charge in [0.1, 0.15) is 0 Å². The highest BCUT2D eigenvalue weighted by Crippen LogP contribution is 2.60. The summed E-state index contributed by atoms with van der Waals surface area (Å²) in [4.78, 5) is 0. The molecule has 0 amide bonds. The van der Waals surface area contributed by atoms with E-state index in [-0.39, 0.29) is 0 Å². The highest BCUT2D eigenvalue weighted by atomic mass is 15.0. The van der Waals surface area contributed by atoms with Crippen molar-refractivity contribution in [1.82, 2.24) is 9.13 Å². The summed E-state index contributed by atoms with van der Waals surface area (Å²) in [5.41, 5.74) is 32.6. The second-order valence-corrected chi connectivity index (χ2v) is 30.2. The zero-order valence-corrected chi connectivity index (χ0v) is 61.5. The normalized spacial score (nSPS) is 13.2. The number of para-hydroxylation sites is 2. The summed E-state index contributed by atoms with van der Waals surface area (Å²) in [6, 6.07) is 154. The Morgan fingerprint density at radius 1 is 0.179 bits per heavy atom. The van der Waals surface area contributed by atoms with E-state index < -0.39 is 10.8 Å². The van der Waals surface area contributed by atoms with Crippen LogP contribution in [-0.4, -0.2) is 9.13 Å². The van der Waals surface area contributed by atoms with E-state index in [2.05, 4.69) is 446 Å². The largest absolute Gasteiger partial charge is 0.309 e. The van der Waals surface area contributed by atoms with Gasteiger partial charge in [-0.1, -0.05) is 364 Å². The first-order valence-corrected chi connectivity index (χ1v) is 38.9. The lowest BCUT2D eigenvalue weighted by molar-refractivity contribution is 0.768. The number of aromatic nitrogens is 2. The highest BCUT2D eigenvalue weighted by molar-refractivity contribution is 6.13. The second-order valence-electron chi connectivity index (χ2n) is 30.2. The zero-order chi connectivity index (χ0) is 73.9. The van der Waals surface area contributed by atoms with Gasteiger partial charge in [-0.05, 0) is 206 Å². The Bertz CT molecular complexity index is 6670. The molecular formula is C110H72N2. The van der Waals surface area contributed by atoms with Gasteiger partial charge >= 0.3 is 0 Å². The molecule has 522 valence electrons. The number of hydrogen-bond donors (Lipinski definition) is 0. The SMILES string of the molecule is C(=C\c1ccc2c(c1)c1ccccc1n2-c1cccc2ccccc12)/c1ccc(-c2ccc3c(c2)C(c2ccccc2)(c2ccccc2)c2cc(-c4ccc5c(c4)C(c4ccccc4)(c4ccccc4)c4cc(-c6ccc(/C=C/c7ccc8c(c7)c7ccccc7n8-c7cccc8ccccc78)cc6)ccc4-5)ccc2-3)cc1. The van der Waals surface area contributed by atoms with Gasteiger partial charge in [-0.2, -0.15) is 0 Å². The second kappa shape index (κ2) is 26.2. The van der Waals surface area contributed by atoms with Crippen molar-refractivity contribution in [3.63, 3.8) is 0 Å². The quantitative estimate of drug-likeness (QED) is 0.102. The Hall–Kier alpha value is -14.4. The van der Waals surface area contributed by atoms with E-state index >= 15 is 0 Å². The van der Waals surface area contributed by atoms with Crippen LogP contribution in [0.25, 0.3) is 156 Å². The molecule has 2 aromatic heterocycles. The molecule has 0 saturated carbocycles. The Labute approximate surface area is 651 Å². The van der Waals surface area contributed by atoms with Gasteiger partial charge in [0.05, 0.1) is 44.3 Å². The van der Waals surface area contributed by atoms with Crippen LogP contribution < -0.4 is 0 Å². The van der Waals surface area contributed by atoms with E-state index in [1.165, 1.54) is 177 Å². The Kier molecular flexibility index (Phi) is 15.1. The van der Waals surface area contributed by atoms with Crippen molar-refractivity contribution in [2.45, 2.75) is 10.8 Å². The summed E-state index contributed by atoms with van der Waals surface area (Å²) in [6.07, 6.45) is 9.00. The Morgan fingerprint density at radius 2 is 0.446 bits per heavy atom. The summed E-state index contributed by atoms with van der Waals surface area (Å²) < 4.78 is 4.86. The van der Waals surface area contributed by atoms with Crippen LogP contribution in [0, 0.1) is 0 Å². The third kappa shape index (κ3) is 10.2. The molecule has 2 heteroatoms. The van der Waals surface area contributed by atoms with Gasteiger partial charge in [0.2, 0.25) is 0 Å². The summed E-state index contributed by atoms with van der Waals surface area (Å²) in [5, 5.41) is 9.92. The van der Waals surface area contributed by atoms with Crippen molar-refractivity contribution in [3.8, 4) is 67.0 Å². The molecule has 0 radical (unpaired) electrons. The van der Waals surface area contributed by atoms with E-state index in [9.17, 15) is 0 Å². The number of hydrogen-bond acceptors (Lipinski definition) is 0. The molecule has 22 rings (SSSR count). The summed E-state index contributed by atoms with van der Waals surface area (Å²) in [5.74, 6) is 0. The van der Waals surface area contributed by atoms with E-state index in [0.29, 0.717) is 0 Å². The molecular weight excluding hydrogens is 1350 g/mol. The fourth-order valence-corrected chi connectivity index (χ4v) is 19.2. The van der Waals surface area contributed by atoms with Crippen molar-refractivity contribution < 1.29 is 0 Å². The molecule has 0 N–H and O–H groups in total. The van der Waals surface area contributed by atoms with E-state index in [1.54, 1.807) is 0 Å². The fraction of sp³-hybridized carbons (Fsp3) is 0.0182. The third-order valence-electron chi connectivity index (χ3n) is 24.3. The minimum Gasteiger partial charge on any atom is -0.309 e. The fourth-order valence-electron chi connectivity index (χ4n) is 19.2. The van der Waals surface area contributed by atoms with Crippen LogP contribution >= 0.6 is 0 Å². The monoisotopic (exact) mass is 1420 g/mol. The van der Waals surface area contributed by atoms with E-state index in [0.717, 1.165) is 22.3 Å². The number of benzene rings is 18. The van der Waals surface area contributed by atoms with Gasteiger partial charge < -0.3 is 9.13 Å². The Morgan fingerprint density at radius 3 is 0.804 bits per heavy atom. The molecule has 2 heterocycles. The standard InChI is InChI=1S/C110H72N2/c1-5-27-85(28-6-1)109(86-29-7-2-8-30-86)99-69-81(77-53-47-73(48-54-77)43-45-75-51-65-107-97(67-75)95-37-17-19-39-105(95)111(107)103-41-21-25-79-23-13-15-35-89(79)103)57-61-91(99)93-63-59-83(71-101(93)109)84-60-64-94-92-62-58-82(70-100(92)110(102(94)72-84,87-31-9-3-10-32-87)88-33-11-4-12-34-88)78-55-49-74(50-56-78)44-46-76-52-66-108-98(68-76)96-38-18-20-40-106(96)112(108)104-42-22-26-80-24-14-16-36-90(80)104/h1-72H/b45-43+,46-44+. The molecule has 0 atom stereocenters. The average Bonchev–Trinajstić information content (AvgIpc) is 1.54. The van der Waals surface area contributed by atoms with Crippen molar-refractivity contribution in [1.29, 1.82) is 0 Å². The van der Waals surface area contributed by atoms with Gasteiger partial charge in [-0.3, -0.25) is 0 Å². The molecule has 2 aliphatic rings. The molecule has 2 aliphatic carbocycles. The van der Waals surface area contributed by atoms with Crippen LogP contribution in [0.1, 0.15) is 66.8 Å². The predicted octanol–water partition coefficient (Wildman–Crippen LogP) is 28.3. The molecule has 18 aromatic carbocycles. The molecule has 0 bridgehead atoms. The van der Waals surface area contributed by atoms with Crippen molar-refractivity contribution in [2.75, 3.05) is 0 Å². The molecule has 0 aliphatic heterocycles. The first kappa shape index (κ1) is 64.7. The summed E-state index contributed by atoms with van der Waals surface area (Å²) >= 11 is 0. The van der Waals surface area contributed by atoms with Gasteiger partial charge in [-0.15, -0.1) is 0 Å². The van der Waals surface area contributed by atoms with E-state index in [4.69, 9.17) is 0 Å². The maximum atomic E-state index is 2.52. The average molecular weight is 1420 g/mol. The van der Waals surface area contributed by atoms with Crippen LogP contribution in [-0.2, 0) is 10.8 Å². The smallest absolute Gasteiger partial charge is 0.0713 e. The topological polar surface area (TPSA) is 9.86 Å². The minimum absolute atomic E-state index is 0.641.